The SMILES string of the molecule is O=C(O)C[N+](CC(=O)O)(CC(=O)O)CC(=O)OC(CO)COCC(O)CO. The molecule has 0 aromatic carbocycles. The van der Waals surface area contributed by atoms with Gasteiger partial charge in [0.1, 0.15) is 12.2 Å². The third-order valence-electron chi connectivity index (χ3n) is 3.20. The Morgan fingerprint density at radius 2 is 1.26 bits per heavy atom. The summed E-state index contributed by atoms with van der Waals surface area (Å²) >= 11 is 0. The minimum Gasteiger partial charge on any atom is -0.477 e. The molecule has 6 N–H and O–H groups in total. The quantitative estimate of drug-likeness (QED) is 0.116. The first-order valence-electron chi connectivity index (χ1n) is 7.71. The van der Waals surface area contributed by atoms with Crippen LogP contribution in [0.2, 0.25) is 0 Å². The molecule has 156 valence electrons. The zero-order valence-electron chi connectivity index (χ0n) is 14.4. The van der Waals surface area contributed by atoms with Crippen molar-refractivity contribution in [1.29, 1.82) is 0 Å². The van der Waals surface area contributed by atoms with Gasteiger partial charge in [-0.25, -0.2) is 19.2 Å². The first kappa shape index (κ1) is 24.7. The Morgan fingerprint density at radius 3 is 1.63 bits per heavy atom. The molecule has 0 radical (unpaired) electrons. The first-order chi connectivity index (χ1) is 12.5. The van der Waals surface area contributed by atoms with Crippen LogP contribution in [0.5, 0.6) is 0 Å². The van der Waals surface area contributed by atoms with Gasteiger partial charge < -0.3 is 40.1 Å². The van der Waals surface area contributed by atoms with Gasteiger partial charge in [0, 0.05) is 0 Å². The highest BCUT2D eigenvalue weighted by Crippen LogP contribution is 2.09. The lowest BCUT2D eigenvalue weighted by atomic mass is 10.3. The molecule has 0 aliphatic heterocycles. The molecule has 0 fully saturated rings. The number of aliphatic hydroxyl groups excluding tert-OH is 3. The summed E-state index contributed by atoms with van der Waals surface area (Å²) in [6.07, 6.45) is -2.39. The Kier molecular flexibility index (Phi) is 11.1. The summed E-state index contributed by atoms with van der Waals surface area (Å²) in [7, 11) is 0. The molecule has 0 aliphatic carbocycles. The van der Waals surface area contributed by atoms with E-state index in [9.17, 15) is 24.3 Å². The van der Waals surface area contributed by atoms with E-state index in [4.69, 9.17) is 35.0 Å². The molecule has 0 bridgehead atoms. The van der Waals surface area contributed by atoms with Crippen LogP contribution in [0.1, 0.15) is 0 Å². The lowest BCUT2D eigenvalue weighted by Gasteiger charge is -2.33. The number of carbonyl (C=O) groups excluding carboxylic acids is 1. The van der Waals surface area contributed by atoms with E-state index in [1.165, 1.54) is 0 Å². The van der Waals surface area contributed by atoms with Crippen molar-refractivity contribution in [1.82, 2.24) is 0 Å². The number of rotatable bonds is 15. The van der Waals surface area contributed by atoms with E-state index < -0.39 is 80.0 Å². The van der Waals surface area contributed by atoms with Gasteiger partial charge >= 0.3 is 23.9 Å². The van der Waals surface area contributed by atoms with Crippen molar-refractivity contribution in [3.05, 3.63) is 0 Å². The number of carbonyl (C=O) groups is 4. The van der Waals surface area contributed by atoms with Gasteiger partial charge in [0.15, 0.2) is 26.2 Å². The molecule has 0 saturated heterocycles. The van der Waals surface area contributed by atoms with Crippen molar-refractivity contribution in [2.24, 2.45) is 0 Å². The van der Waals surface area contributed by atoms with Crippen LogP contribution in [0.15, 0.2) is 0 Å². The predicted octanol–water partition coefficient (Wildman–Crippen LogP) is -3.67. The van der Waals surface area contributed by atoms with Crippen molar-refractivity contribution >= 4 is 23.9 Å². The van der Waals surface area contributed by atoms with Crippen LogP contribution in [0.4, 0.5) is 0 Å². The molecule has 0 heterocycles. The fourth-order valence-electron chi connectivity index (χ4n) is 2.21. The highest BCUT2D eigenvalue weighted by atomic mass is 16.6. The Hall–Kier alpha value is -2.32. The normalized spacial score (nSPS) is 13.6. The number of aliphatic carboxylic acids is 3. The Balaban J connectivity index is 5.04. The van der Waals surface area contributed by atoms with Gasteiger partial charge in [-0.05, 0) is 0 Å². The number of nitrogens with zero attached hydrogens (tertiary/aromatic N) is 1. The summed E-state index contributed by atoms with van der Waals surface area (Å²) in [6.45, 7) is -5.65. The fourth-order valence-corrected chi connectivity index (χ4v) is 2.21. The second-order valence-electron chi connectivity index (χ2n) is 5.82. The summed E-state index contributed by atoms with van der Waals surface area (Å²) in [6, 6.07) is 0. The third kappa shape index (κ3) is 11.1. The van der Waals surface area contributed by atoms with E-state index >= 15 is 0 Å². The third-order valence-corrected chi connectivity index (χ3v) is 3.20. The van der Waals surface area contributed by atoms with E-state index in [1.54, 1.807) is 0 Å². The molecule has 0 spiro atoms. The average molecular weight is 398 g/mol. The Morgan fingerprint density at radius 1 is 0.778 bits per heavy atom. The van der Waals surface area contributed by atoms with Gasteiger partial charge in [-0.1, -0.05) is 0 Å². The molecular formula is C14H24NO12+. The van der Waals surface area contributed by atoms with E-state index in [0.717, 1.165) is 0 Å². The van der Waals surface area contributed by atoms with Crippen LogP contribution in [0, 0.1) is 0 Å². The summed E-state index contributed by atoms with van der Waals surface area (Å²) in [5.74, 6) is -5.66. The molecule has 0 rings (SSSR count). The zero-order chi connectivity index (χ0) is 21.0. The van der Waals surface area contributed by atoms with Crippen LogP contribution >= 0.6 is 0 Å². The number of ether oxygens (including phenoxy) is 2. The van der Waals surface area contributed by atoms with Gasteiger partial charge in [-0.15, -0.1) is 0 Å². The number of hydrogen-bond donors (Lipinski definition) is 6. The lowest BCUT2D eigenvalue weighted by molar-refractivity contribution is -0.900. The largest absolute Gasteiger partial charge is 0.477 e. The van der Waals surface area contributed by atoms with Crippen molar-refractivity contribution in [3.8, 4) is 0 Å². The zero-order valence-corrected chi connectivity index (χ0v) is 14.4. The summed E-state index contributed by atoms with van der Waals surface area (Å²) in [5.41, 5.74) is 0. The topological polar surface area (TPSA) is 208 Å². The van der Waals surface area contributed by atoms with Crippen molar-refractivity contribution in [3.63, 3.8) is 0 Å². The standard InChI is InChI=1S/C14H23NO12/c16-5-9(18)7-26-8-10(6-17)27-14(25)4-15(1-11(19)20,2-12(21)22)3-13(23)24/h9-10,16-18H,1-8H2,(H2-,19,20,21,22,23,24)/p+1. The van der Waals surface area contributed by atoms with Gasteiger partial charge in [0.25, 0.3) is 0 Å². The van der Waals surface area contributed by atoms with E-state index in [0.29, 0.717) is 0 Å². The number of aliphatic hydroxyl groups is 3. The minimum atomic E-state index is -1.51. The summed E-state index contributed by atoms with van der Waals surface area (Å²) in [5, 5.41) is 53.8. The van der Waals surface area contributed by atoms with Gasteiger partial charge in [0.05, 0.1) is 26.4 Å². The highest BCUT2D eigenvalue weighted by molar-refractivity contribution is 5.76. The summed E-state index contributed by atoms with van der Waals surface area (Å²) in [4.78, 5) is 45.1. The second kappa shape index (κ2) is 12.1. The number of esters is 1. The smallest absolute Gasteiger partial charge is 0.362 e. The molecule has 27 heavy (non-hydrogen) atoms. The molecule has 13 nitrogen and oxygen atoms in total. The average Bonchev–Trinajstić information content (AvgIpc) is 2.50. The number of quaternary nitrogens is 1. The van der Waals surface area contributed by atoms with E-state index in [-0.39, 0.29) is 13.2 Å². The maximum Gasteiger partial charge on any atom is 0.362 e. The van der Waals surface area contributed by atoms with E-state index in [1.807, 2.05) is 0 Å². The molecule has 0 aromatic heterocycles. The second-order valence-corrected chi connectivity index (χ2v) is 5.82. The van der Waals surface area contributed by atoms with Crippen molar-refractivity contribution in [2.45, 2.75) is 12.2 Å². The van der Waals surface area contributed by atoms with E-state index in [2.05, 4.69) is 0 Å². The van der Waals surface area contributed by atoms with Crippen LogP contribution < -0.4 is 0 Å². The predicted molar refractivity (Wildman–Crippen MR) is 83.5 cm³/mol. The van der Waals surface area contributed by atoms with Crippen LogP contribution in [0.3, 0.4) is 0 Å². The lowest BCUT2D eigenvalue weighted by Crippen LogP contribution is -2.59. The molecular weight excluding hydrogens is 374 g/mol. The number of carboxylic acids is 3. The molecule has 2 unspecified atom stereocenters. The number of carboxylic acid groups (broad SMARTS) is 3. The Bertz CT molecular complexity index is 481. The maximum absolute atomic E-state index is 12.1. The maximum atomic E-state index is 12.1. The van der Waals surface area contributed by atoms with Crippen molar-refractivity contribution in [2.75, 3.05) is 52.6 Å². The fraction of sp³-hybridized carbons (Fsp3) is 0.714. The highest BCUT2D eigenvalue weighted by Gasteiger charge is 2.39. The van der Waals surface area contributed by atoms with Crippen LogP contribution in [-0.2, 0) is 28.7 Å². The molecule has 0 saturated carbocycles. The Labute approximate surface area is 153 Å². The molecule has 0 aromatic rings. The van der Waals surface area contributed by atoms with Gasteiger partial charge in [0.2, 0.25) is 0 Å². The van der Waals surface area contributed by atoms with Crippen LogP contribution in [-0.4, -0.2) is 124 Å². The monoisotopic (exact) mass is 398 g/mol. The molecule has 2 atom stereocenters. The first-order valence-corrected chi connectivity index (χ1v) is 7.71. The molecule has 0 aliphatic rings. The van der Waals surface area contributed by atoms with Gasteiger partial charge in [-0.3, -0.25) is 4.48 Å². The number of hydrogen-bond acceptors (Lipinski definition) is 9. The summed E-state index contributed by atoms with van der Waals surface area (Å²) < 4.78 is 8.67. The molecule has 13 heteroatoms. The van der Waals surface area contributed by atoms with Crippen molar-refractivity contribution < 1.29 is 63.8 Å². The van der Waals surface area contributed by atoms with Crippen LogP contribution in [0.25, 0.3) is 0 Å². The minimum absolute atomic E-state index is 0.304. The van der Waals surface area contributed by atoms with Gasteiger partial charge in [-0.2, -0.15) is 0 Å². The molecule has 0 amide bonds.